The van der Waals surface area contributed by atoms with Crippen molar-refractivity contribution in [2.45, 2.75) is 40.0 Å². The molecule has 28 heavy (non-hydrogen) atoms. The first-order chi connectivity index (χ1) is 13.4. The molecule has 0 saturated carbocycles. The van der Waals surface area contributed by atoms with Crippen LogP contribution in [0.15, 0.2) is 41.3 Å². The molecule has 146 valence electrons. The molecule has 1 amide bonds. The highest BCUT2D eigenvalue weighted by atomic mass is 32.1. The van der Waals surface area contributed by atoms with Crippen LogP contribution in [-0.2, 0) is 27.4 Å². The maximum Gasteiger partial charge on any atom is 0.328 e. The molecular formula is C20H21N3O4S. The van der Waals surface area contributed by atoms with E-state index < -0.39 is 18.0 Å². The Balaban J connectivity index is 1.61. The van der Waals surface area contributed by atoms with Crippen molar-refractivity contribution in [1.82, 2.24) is 15.1 Å². The van der Waals surface area contributed by atoms with Gasteiger partial charge in [0.15, 0.2) is 6.10 Å². The Morgan fingerprint density at radius 2 is 1.96 bits per heavy atom. The Labute approximate surface area is 165 Å². The number of nitrogens with one attached hydrogen (secondary N) is 1. The van der Waals surface area contributed by atoms with Gasteiger partial charge >= 0.3 is 5.97 Å². The lowest BCUT2D eigenvalue weighted by Crippen LogP contribution is -2.37. The second-order valence-electron chi connectivity index (χ2n) is 6.47. The number of aromatic nitrogens is 2. The van der Waals surface area contributed by atoms with Crippen molar-refractivity contribution in [3.8, 4) is 0 Å². The summed E-state index contributed by atoms with van der Waals surface area (Å²) < 4.78 is 7.02. The van der Waals surface area contributed by atoms with Gasteiger partial charge in [-0.05, 0) is 31.9 Å². The Morgan fingerprint density at radius 3 is 2.68 bits per heavy atom. The SMILES string of the molecule is Cc1sc2cnn(CC(=O)OC(C)C(=O)NCc3ccccc3)c(=O)c2c1C. The maximum atomic E-state index is 12.6. The third kappa shape index (κ3) is 4.28. The van der Waals surface area contributed by atoms with Gasteiger partial charge in [-0.25, -0.2) is 4.68 Å². The molecule has 8 heteroatoms. The highest BCUT2D eigenvalue weighted by Gasteiger charge is 2.19. The van der Waals surface area contributed by atoms with Gasteiger partial charge in [0.1, 0.15) is 6.54 Å². The predicted octanol–water partition coefficient (Wildman–Crippen LogP) is 2.32. The molecule has 0 aliphatic heterocycles. The van der Waals surface area contributed by atoms with Crippen LogP contribution in [0, 0.1) is 13.8 Å². The van der Waals surface area contributed by atoms with Crippen molar-refractivity contribution in [2.24, 2.45) is 0 Å². The molecule has 0 saturated heterocycles. The van der Waals surface area contributed by atoms with Gasteiger partial charge in [-0.1, -0.05) is 30.3 Å². The van der Waals surface area contributed by atoms with Gasteiger partial charge in [0.25, 0.3) is 11.5 Å². The molecule has 0 aliphatic carbocycles. The Kier molecular flexibility index (Phi) is 5.89. The lowest BCUT2D eigenvalue weighted by atomic mass is 10.2. The van der Waals surface area contributed by atoms with E-state index in [4.69, 9.17) is 4.74 Å². The Bertz CT molecular complexity index is 1070. The van der Waals surface area contributed by atoms with Crippen molar-refractivity contribution in [3.63, 3.8) is 0 Å². The first-order valence-electron chi connectivity index (χ1n) is 8.83. The standard InChI is InChI=1S/C20H21N3O4S/c1-12-14(3)28-16-10-22-23(20(26)18(12)16)11-17(24)27-13(2)19(25)21-9-15-7-5-4-6-8-15/h4-8,10,13H,9,11H2,1-3H3,(H,21,25). The third-order valence-corrected chi connectivity index (χ3v) is 5.58. The summed E-state index contributed by atoms with van der Waals surface area (Å²) in [4.78, 5) is 37.9. The van der Waals surface area contributed by atoms with Gasteiger partial charge in [-0.15, -0.1) is 11.3 Å². The smallest absolute Gasteiger partial charge is 0.328 e. The van der Waals surface area contributed by atoms with E-state index in [1.54, 1.807) is 6.20 Å². The van der Waals surface area contributed by atoms with E-state index >= 15 is 0 Å². The third-order valence-electron chi connectivity index (χ3n) is 4.44. The van der Waals surface area contributed by atoms with Crippen molar-refractivity contribution in [1.29, 1.82) is 0 Å². The van der Waals surface area contributed by atoms with Crippen LogP contribution < -0.4 is 10.9 Å². The van der Waals surface area contributed by atoms with Crippen LogP contribution in [0.2, 0.25) is 0 Å². The molecule has 7 nitrogen and oxygen atoms in total. The number of nitrogens with zero attached hydrogens (tertiary/aromatic N) is 2. The molecule has 2 heterocycles. The molecule has 1 unspecified atom stereocenters. The molecule has 0 bridgehead atoms. The predicted molar refractivity (Wildman–Crippen MR) is 107 cm³/mol. The van der Waals surface area contributed by atoms with E-state index in [1.807, 2.05) is 44.2 Å². The minimum absolute atomic E-state index is 0.336. The van der Waals surface area contributed by atoms with Gasteiger partial charge in [-0.3, -0.25) is 14.4 Å². The number of carbonyl (C=O) groups excluding carboxylic acids is 2. The molecule has 1 atom stereocenters. The first kappa shape index (κ1) is 19.8. The molecule has 2 aromatic heterocycles. The summed E-state index contributed by atoms with van der Waals surface area (Å²) in [6.45, 7) is 5.30. The molecule has 1 N–H and O–H groups in total. The number of rotatable bonds is 6. The second kappa shape index (κ2) is 8.35. The zero-order valence-electron chi connectivity index (χ0n) is 15.9. The molecule has 0 aliphatic rings. The van der Waals surface area contributed by atoms with Crippen LogP contribution in [0.1, 0.15) is 22.9 Å². The lowest BCUT2D eigenvalue weighted by Gasteiger charge is -2.14. The van der Waals surface area contributed by atoms with Crippen LogP contribution in [-0.4, -0.2) is 27.8 Å². The van der Waals surface area contributed by atoms with Crippen molar-refractivity contribution in [2.75, 3.05) is 0 Å². The van der Waals surface area contributed by atoms with E-state index in [2.05, 4.69) is 10.4 Å². The monoisotopic (exact) mass is 399 g/mol. The summed E-state index contributed by atoms with van der Waals surface area (Å²) in [6.07, 6.45) is 0.603. The summed E-state index contributed by atoms with van der Waals surface area (Å²) in [5.74, 6) is -1.10. The van der Waals surface area contributed by atoms with Crippen LogP contribution in [0.5, 0.6) is 0 Å². The number of fused-ring (bicyclic) bond motifs is 1. The number of carbonyl (C=O) groups is 2. The first-order valence-corrected chi connectivity index (χ1v) is 9.65. The maximum absolute atomic E-state index is 12.6. The molecule has 0 fully saturated rings. The number of hydrogen-bond donors (Lipinski definition) is 1. The molecular weight excluding hydrogens is 378 g/mol. The number of aryl methyl sites for hydroxylation is 2. The molecule has 0 radical (unpaired) electrons. The van der Waals surface area contributed by atoms with E-state index in [-0.39, 0.29) is 12.1 Å². The Hall–Kier alpha value is -3.00. The summed E-state index contributed by atoms with van der Waals surface area (Å²) in [6, 6.07) is 9.42. The highest BCUT2D eigenvalue weighted by molar-refractivity contribution is 7.19. The number of thiophene rings is 1. The fraction of sp³-hybridized carbons (Fsp3) is 0.300. The van der Waals surface area contributed by atoms with E-state index in [0.717, 1.165) is 25.4 Å². The zero-order valence-corrected chi connectivity index (χ0v) is 16.7. The largest absolute Gasteiger partial charge is 0.451 e. The van der Waals surface area contributed by atoms with Gasteiger partial charge in [-0.2, -0.15) is 5.10 Å². The number of amides is 1. The van der Waals surface area contributed by atoms with Crippen molar-refractivity contribution < 1.29 is 14.3 Å². The molecule has 0 spiro atoms. The van der Waals surface area contributed by atoms with Crippen molar-refractivity contribution >= 4 is 33.3 Å². The summed E-state index contributed by atoms with van der Waals surface area (Å²) in [7, 11) is 0. The average molecular weight is 399 g/mol. The molecule has 3 aromatic rings. The van der Waals surface area contributed by atoms with Crippen LogP contribution in [0.25, 0.3) is 10.1 Å². The minimum atomic E-state index is -0.972. The second-order valence-corrected chi connectivity index (χ2v) is 7.72. The van der Waals surface area contributed by atoms with Gasteiger partial charge in [0.2, 0.25) is 0 Å². The molecule has 3 rings (SSSR count). The lowest BCUT2D eigenvalue weighted by molar-refractivity contribution is -0.155. The minimum Gasteiger partial charge on any atom is -0.451 e. The fourth-order valence-electron chi connectivity index (χ4n) is 2.77. The van der Waals surface area contributed by atoms with Crippen LogP contribution in [0.4, 0.5) is 0 Å². The number of esters is 1. The van der Waals surface area contributed by atoms with Gasteiger partial charge in [0.05, 0.1) is 16.3 Å². The van der Waals surface area contributed by atoms with E-state index in [9.17, 15) is 14.4 Å². The van der Waals surface area contributed by atoms with Gasteiger partial charge < -0.3 is 10.1 Å². The van der Waals surface area contributed by atoms with E-state index in [0.29, 0.717) is 11.9 Å². The normalized spacial score (nSPS) is 12.0. The Morgan fingerprint density at radius 1 is 1.25 bits per heavy atom. The zero-order chi connectivity index (χ0) is 20.3. The van der Waals surface area contributed by atoms with Crippen LogP contribution in [0.3, 0.4) is 0 Å². The highest BCUT2D eigenvalue weighted by Crippen LogP contribution is 2.26. The van der Waals surface area contributed by atoms with Crippen molar-refractivity contribution in [3.05, 3.63) is 62.9 Å². The van der Waals surface area contributed by atoms with E-state index in [1.165, 1.54) is 18.3 Å². The number of benzene rings is 1. The summed E-state index contributed by atoms with van der Waals surface area (Å²) in [5, 5.41) is 7.33. The number of ether oxygens (including phenoxy) is 1. The fourth-order valence-corrected chi connectivity index (χ4v) is 3.79. The van der Waals surface area contributed by atoms with Gasteiger partial charge in [0, 0.05) is 11.4 Å². The average Bonchev–Trinajstić information content (AvgIpc) is 2.97. The van der Waals surface area contributed by atoms with Crippen LogP contribution >= 0.6 is 11.3 Å². The topological polar surface area (TPSA) is 90.3 Å². The molecule has 1 aromatic carbocycles. The summed E-state index contributed by atoms with van der Waals surface area (Å²) in [5.41, 5.74) is 1.50. The quantitative estimate of drug-likeness (QED) is 0.643. The number of hydrogen-bond acceptors (Lipinski definition) is 6. The summed E-state index contributed by atoms with van der Waals surface area (Å²) >= 11 is 1.49.